The molecule has 1 aromatic heterocycles. The number of nitrogen functional groups attached to an aromatic ring is 1. The fourth-order valence-corrected chi connectivity index (χ4v) is 1.81. The van der Waals surface area contributed by atoms with E-state index in [4.69, 9.17) is 5.73 Å². The number of benzene rings is 1. The molecule has 17 heavy (non-hydrogen) atoms. The minimum atomic E-state index is 0.792. The molecule has 0 aliphatic carbocycles. The van der Waals surface area contributed by atoms with Crippen LogP contribution in [0.25, 0.3) is 0 Å². The van der Waals surface area contributed by atoms with Gasteiger partial charge in [-0.2, -0.15) is 0 Å². The van der Waals surface area contributed by atoms with Crippen molar-refractivity contribution in [2.45, 2.75) is 6.42 Å². The van der Waals surface area contributed by atoms with Gasteiger partial charge in [0.25, 0.3) is 0 Å². The van der Waals surface area contributed by atoms with Crippen LogP contribution in [-0.2, 0) is 6.42 Å². The molecule has 0 amide bonds. The van der Waals surface area contributed by atoms with Crippen molar-refractivity contribution >= 4 is 27.4 Å². The Kier molecular flexibility index (Phi) is 3.93. The van der Waals surface area contributed by atoms with Crippen molar-refractivity contribution in [3.05, 3.63) is 46.8 Å². The summed E-state index contributed by atoms with van der Waals surface area (Å²) in [4.78, 5) is 8.04. The third-order valence-electron chi connectivity index (χ3n) is 2.35. The van der Waals surface area contributed by atoms with Gasteiger partial charge in [0.1, 0.15) is 12.1 Å². The summed E-state index contributed by atoms with van der Waals surface area (Å²) in [6.45, 7) is 0.819. The van der Waals surface area contributed by atoms with Gasteiger partial charge in [-0.3, -0.25) is 0 Å². The summed E-state index contributed by atoms with van der Waals surface area (Å²) >= 11 is 3.39. The molecule has 0 atom stereocenters. The Hall–Kier alpha value is -1.62. The van der Waals surface area contributed by atoms with Gasteiger partial charge in [0, 0.05) is 18.4 Å². The van der Waals surface area contributed by atoms with Crippen LogP contribution in [0.1, 0.15) is 5.56 Å². The van der Waals surface area contributed by atoms with Gasteiger partial charge in [0.05, 0.1) is 4.47 Å². The van der Waals surface area contributed by atoms with Crippen molar-refractivity contribution < 1.29 is 0 Å². The molecule has 88 valence electrons. The van der Waals surface area contributed by atoms with Gasteiger partial charge in [-0.05, 0) is 40.0 Å². The number of rotatable bonds is 4. The highest BCUT2D eigenvalue weighted by Crippen LogP contribution is 2.16. The SMILES string of the molecule is Nc1ccc(CCNc2ncncc2Br)cc1. The molecule has 2 rings (SSSR count). The largest absolute Gasteiger partial charge is 0.399 e. The zero-order valence-electron chi connectivity index (χ0n) is 9.23. The Labute approximate surface area is 108 Å². The molecule has 4 nitrogen and oxygen atoms in total. The first-order chi connectivity index (χ1) is 8.25. The van der Waals surface area contributed by atoms with E-state index in [0.717, 1.165) is 28.9 Å². The normalized spacial score (nSPS) is 10.2. The molecule has 0 fully saturated rings. The van der Waals surface area contributed by atoms with Crippen LogP contribution in [0, 0.1) is 0 Å². The highest BCUT2D eigenvalue weighted by Gasteiger charge is 1.99. The lowest BCUT2D eigenvalue weighted by Gasteiger charge is -2.06. The Bertz CT molecular complexity index is 484. The molecule has 0 spiro atoms. The van der Waals surface area contributed by atoms with Crippen LogP contribution in [0.5, 0.6) is 0 Å². The van der Waals surface area contributed by atoms with Crippen LogP contribution >= 0.6 is 15.9 Å². The minimum absolute atomic E-state index is 0.792. The van der Waals surface area contributed by atoms with Crippen LogP contribution < -0.4 is 11.1 Å². The van der Waals surface area contributed by atoms with Crippen molar-refractivity contribution in [1.82, 2.24) is 9.97 Å². The predicted molar refractivity (Wildman–Crippen MR) is 72.8 cm³/mol. The topological polar surface area (TPSA) is 63.8 Å². The Morgan fingerprint density at radius 2 is 2.00 bits per heavy atom. The van der Waals surface area contributed by atoms with E-state index in [1.165, 1.54) is 11.9 Å². The first-order valence-electron chi connectivity index (χ1n) is 5.29. The second-order valence-electron chi connectivity index (χ2n) is 3.64. The summed E-state index contributed by atoms with van der Waals surface area (Å²) < 4.78 is 0.873. The standard InChI is InChI=1S/C12H13BrN4/c13-11-7-15-8-17-12(11)16-6-5-9-1-3-10(14)4-2-9/h1-4,7-8H,5-6,14H2,(H,15,16,17). The average molecular weight is 293 g/mol. The fourth-order valence-electron chi connectivity index (χ4n) is 1.45. The summed E-state index contributed by atoms with van der Waals surface area (Å²) in [5.41, 5.74) is 7.67. The van der Waals surface area contributed by atoms with Gasteiger partial charge in [-0.15, -0.1) is 0 Å². The van der Waals surface area contributed by atoms with Gasteiger partial charge in [0.2, 0.25) is 0 Å². The summed E-state index contributed by atoms with van der Waals surface area (Å²) in [6, 6.07) is 7.89. The van der Waals surface area contributed by atoms with Crippen molar-refractivity contribution in [1.29, 1.82) is 0 Å². The summed E-state index contributed by atoms with van der Waals surface area (Å²) in [5, 5.41) is 3.25. The number of nitrogens with two attached hydrogens (primary N) is 1. The molecule has 1 aromatic carbocycles. The van der Waals surface area contributed by atoms with Crippen molar-refractivity contribution in [2.24, 2.45) is 0 Å². The number of hydrogen-bond acceptors (Lipinski definition) is 4. The summed E-state index contributed by atoms with van der Waals surface area (Å²) in [5.74, 6) is 0.815. The van der Waals surface area contributed by atoms with Crippen molar-refractivity contribution in [3.63, 3.8) is 0 Å². The molecule has 0 radical (unpaired) electrons. The Morgan fingerprint density at radius 3 is 2.71 bits per heavy atom. The van der Waals surface area contributed by atoms with E-state index in [1.54, 1.807) is 6.20 Å². The highest BCUT2D eigenvalue weighted by molar-refractivity contribution is 9.10. The molecule has 2 aromatic rings. The van der Waals surface area contributed by atoms with Crippen LogP contribution in [0.4, 0.5) is 11.5 Å². The van der Waals surface area contributed by atoms with E-state index in [0.29, 0.717) is 0 Å². The molecule has 5 heteroatoms. The zero-order valence-corrected chi connectivity index (χ0v) is 10.8. The first-order valence-corrected chi connectivity index (χ1v) is 6.09. The number of nitrogens with one attached hydrogen (secondary N) is 1. The van der Waals surface area contributed by atoms with Gasteiger partial charge in [-0.1, -0.05) is 12.1 Å². The molecule has 0 aliphatic heterocycles. The Balaban J connectivity index is 1.88. The maximum atomic E-state index is 5.63. The lowest BCUT2D eigenvalue weighted by molar-refractivity contribution is 0.996. The second kappa shape index (κ2) is 5.63. The van der Waals surface area contributed by atoms with Crippen molar-refractivity contribution in [3.8, 4) is 0 Å². The van der Waals surface area contributed by atoms with Crippen LogP contribution in [-0.4, -0.2) is 16.5 Å². The predicted octanol–water partition coefficient (Wildman–Crippen LogP) is 2.48. The first kappa shape index (κ1) is 11.9. The van der Waals surface area contributed by atoms with Gasteiger partial charge in [0.15, 0.2) is 0 Å². The lowest BCUT2D eigenvalue weighted by atomic mass is 10.1. The monoisotopic (exact) mass is 292 g/mol. The highest BCUT2D eigenvalue weighted by atomic mass is 79.9. The van der Waals surface area contributed by atoms with Crippen LogP contribution in [0.3, 0.4) is 0 Å². The fraction of sp³-hybridized carbons (Fsp3) is 0.167. The molecule has 1 heterocycles. The minimum Gasteiger partial charge on any atom is -0.399 e. The van der Waals surface area contributed by atoms with Crippen LogP contribution in [0.15, 0.2) is 41.3 Å². The second-order valence-corrected chi connectivity index (χ2v) is 4.49. The number of halogens is 1. The van der Waals surface area contributed by atoms with E-state index in [2.05, 4.69) is 31.2 Å². The summed E-state index contributed by atoms with van der Waals surface area (Å²) in [6.07, 6.45) is 4.17. The molecule has 0 saturated carbocycles. The van der Waals surface area contributed by atoms with Gasteiger partial charge >= 0.3 is 0 Å². The third-order valence-corrected chi connectivity index (χ3v) is 2.93. The van der Waals surface area contributed by atoms with E-state index in [-0.39, 0.29) is 0 Å². The van der Waals surface area contributed by atoms with E-state index in [1.807, 2.05) is 24.3 Å². The number of aromatic nitrogens is 2. The quantitative estimate of drug-likeness (QED) is 0.850. The van der Waals surface area contributed by atoms with E-state index >= 15 is 0 Å². The number of anilines is 2. The average Bonchev–Trinajstić information content (AvgIpc) is 2.34. The maximum absolute atomic E-state index is 5.63. The molecule has 3 N–H and O–H groups in total. The lowest BCUT2D eigenvalue weighted by Crippen LogP contribution is -2.07. The molecule has 0 bridgehead atoms. The number of hydrogen-bond donors (Lipinski definition) is 2. The van der Waals surface area contributed by atoms with Crippen LogP contribution in [0.2, 0.25) is 0 Å². The van der Waals surface area contributed by atoms with E-state index < -0.39 is 0 Å². The molecule has 0 aliphatic rings. The third kappa shape index (κ3) is 3.42. The molecular formula is C12H13BrN4. The van der Waals surface area contributed by atoms with E-state index in [9.17, 15) is 0 Å². The smallest absolute Gasteiger partial charge is 0.143 e. The Morgan fingerprint density at radius 1 is 1.24 bits per heavy atom. The zero-order chi connectivity index (χ0) is 12.1. The maximum Gasteiger partial charge on any atom is 0.143 e. The van der Waals surface area contributed by atoms with Crippen molar-refractivity contribution in [2.75, 3.05) is 17.6 Å². The summed E-state index contributed by atoms with van der Waals surface area (Å²) in [7, 11) is 0. The molecular weight excluding hydrogens is 280 g/mol. The number of nitrogens with zero attached hydrogens (tertiary/aromatic N) is 2. The van der Waals surface area contributed by atoms with Gasteiger partial charge < -0.3 is 11.1 Å². The molecule has 0 saturated heterocycles. The van der Waals surface area contributed by atoms with Gasteiger partial charge in [-0.25, -0.2) is 9.97 Å². The molecule has 0 unspecified atom stereocenters.